The molecule has 5 aromatic heterocycles. The number of furan rings is 3. The Bertz CT molecular complexity index is 3620. The number of para-hydroxylation sites is 2. The van der Waals surface area contributed by atoms with Crippen molar-refractivity contribution < 1.29 is 13.3 Å². The molecule has 8 aromatic carbocycles. The molecule has 0 aliphatic carbocycles. The van der Waals surface area contributed by atoms with Crippen molar-refractivity contribution in [2.45, 2.75) is 0 Å². The van der Waals surface area contributed by atoms with Crippen molar-refractivity contribution in [2.75, 3.05) is 9.80 Å². The van der Waals surface area contributed by atoms with Crippen LogP contribution in [0.15, 0.2) is 195 Å². The average Bonchev–Trinajstić information content (AvgIpc) is 3.99. The standard InChI is InChI=1S/C52H30N6O3/c1-3-15-35-31(11-1)13-9-19-42(35)57(33-23-25-39-37-17-5-7-21-44(37)59-46(39)27-33)49-29-48-50(56-55-49)41-30-53-52(54-51(41)61-48)58(43-20-10-14-32-12-2-4-16-36(32)43)34-24-26-40-38-18-6-8-22-45(38)60-47(40)28-34/h1-30H. The molecule has 9 heteroatoms. The minimum absolute atomic E-state index is 0.391. The maximum Gasteiger partial charge on any atom is 0.237 e. The van der Waals surface area contributed by atoms with Gasteiger partial charge in [0.2, 0.25) is 11.7 Å². The molecule has 9 nitrogen and oxygen atoms in total. The molecule has 61 heavy (non-hydrogen) atoms. The number of fused-ring (bicyclic) bond motifs is 11. The van der Waals surface area contributed by atoms with E-state index in [4.69, 9.17) is 33.4 Å². The fraction of sp³-hybridized carbons (Fsp3) is 0. The maximum atomic E-state index is 6.63. The predicted octanol–water partition coefficient (Wildman–Crippen LogP) is 14.2. The Labute approximate surface area is 346 Å². The summed E-state index contributed by atoms with van der Waals surface area (Å²) in [6, 6.07) is 59.7. The number of hydrogen-bond acceptors (Lipinski definition) is 9. The summed E-state index contributed by atoms with van der Waals surface area (Å²) in [4.78, 5) is 14.2. The summed E-state index contributed by atoms with van der Waals surface area (Å²) in [5, 5.41) is 18.8. The van der Waals surface area contributed by atoms with Crippen LogP contribution in [0.2, 0.25) is 0 Å². The number of aromatic nitrogens is 4. The van der Waals surface area contributed by atoms with Crippen molar-refractivity contribution in [3.63, 3.8) is 0 Å². The first kappa shape index (κ1) is 33.4. The van der Waals surface area contributed by atoms with Gasteiger partial charge in [0.1, 0.15) is 27.8 Å². The summed E-state index contributed by atoms with van der Waals surface area (Å²) in [5.74, 6) is 1.01. The molecule has 286 valence electrons. The minimum Gasteiger partial charge on any atom is -0.456 e. The Morgan fingerprint density at radius 2 is 0.902 bits per heavy atom. The topological polar surface area (TPSA) is 97.5 Å². The SMILES string of the molecule is c1ccc2c(N(c3ccc4c(c3)oc3ccccc34)c3cc4oc5nc(N(c6ccc7c(c6)oc6ccccc67)c6cccc7ccccc67)ncc5c4nn3)cccc2c1. The lowest BCUT2D eigenvalue weighted by Gasteiger charge is -2.25. The van der Waals surface area contributed by atoms with Gasteiger partial charge in [-0.3, -0.25) is 9.80 Å². The third-order valence-electron chi connectivity index (χ3n) is 11.6. The average molecular weight is 787 g/mol. The number of nitrogens with zero attached hydrogens (tertiary/aromatic N) is 6. The van der Waals surface area contributed by atoms with E-state index in [1.807, 2.05) is 72.8 Å². The second kappa shape index (κ2) is 13.0. The summed E-state index contributed by atoms with van der Waals surface area (Å²) < 4.78 is 19.3. The van der Waals surface area contributed by atoms with Crippen LogP contribution in [0, 0.1) is 0 Å². The summed E-state index contributed by atoms with van der Waals surface area (Å²) in [6.07, 6.45) is 1.77. The quantitative estimate of drug-likeness (QED) is 0.163. The Balaban J connectivity index is 0.981. The lowest BCUT2D eigenvalue weighted by molar-refractivity contribution is 0.651. The molecule has 0 saturated heterocycles. The molecule has 0 aliphatic heterocycles. The van der Waals surface area contributed by atoms with Crippen LogP contribution in [0.5, 0.6) is 0 Å². The molecular weight excluding hydrogens is 757 g/mol. The number of rotatable bonds is 6. The largest absolute Gasteiger partial charge is 0.456 e. The molecular formula is C52H30N6O3. The summed E-state index contributed by atoms with van der Waals surface area (Å²) in [5.41, 5.74) is 8.26. The zero-order chi connectivity index (χ0) is 40.0. The molecule has 0 N–H and O–H groups in total. The highest BCUT2D eigenvalue weighted by Crippen LogP contribution is 2.43. The smallest absolute Gasteiger partial charge is 0.237 e. The van der Waals surface area contributed by atoms with E-state index >= 15 is 0 Å². The van der Waals surface area contributed by atoms with Gasteiger partial charge in [-0.1, -0.05) is 109 Å². The van der Waals surface area contributed by atoms with Crippen LogP contribution >= 0.6 is 0 Å². The molecule has 0 spiro atoms. The number of anilines is 6. The highest BCUT2D eigenvalue weighted by molar-refractivity contribution is 6.09. The zero-order valence-corrected chi connectivity index (χ0v) is 32.2. The Hall–Kier alpha value is -8.56. The van der Waals surface area contributed by atoms with Gasteiger partial charge in [0.05, 0.1) is 28.1 Å². The molecule has 0 atom stereocenters. The predicted molar refractivity (Wildman–Crippen MR) is 244 cm³/mol. The molecule has 5 heterocycles. The van der Waals surface area contributed by atoms with Crippen molar-refractivity contribution in [3.8, 4) is 0 Å². The first-order valence-corrected chi connectivity index (χ1v) is 20.0. The highest BCUT2D eigenvalue weighted by atomic mass is 16.3. The maximum absolute atomic E-state index is 6.63. The van der Waals surface area contributed by atoms with Gasteiger partial charge in [-0.25, -0.2) is 4.98 Å². The molecule has 13 aromatic rings. The third kappa shape index (κ3) is 5.20. The fourth-order valence-electron chi connectivity index (χ4n) is 8.82. The van der Waals surface area contributed by atoms with Crippen LogP contribution in [0.1, 0.15) is 0 Å². The van der Waals surface area contributed by atoms with Crippen LogP contribution < -0.4 is 9.80 Å². The molecule has 0 fully saturated rings. The van der Waals surface area contributed by atoms with Crippen molar-refractivity contribution in [1.29, 1.82) is 0 Å². The summed E-state index contributed by atoms with van der Waals surface area (Å²) >= 11 is 0. The van der Waals surface area contributed by atoms with E-state index in [1.165, 1.54) is 0 Å². The van der Waals surface area contributed by atoms with E-state index in [9.17, 15) is 0 Å². The number of hydrogen-bond donors (Lipinski definition) is 0. The first-order valence-electron chi connectivity index (χ1n) is 20.0. The van der Waals surface area contributed by atoms with Crippen LogP contribution in [-0.2, 0) is 0 Å². The third-order valence-corrected chi connectivity index (χ3v) is 11.6. The van der Waals surface area contributed by atoms with Crippen molar-refractivity contribution >= 4 is 122 Å². The van der Waals surface area contributed by atoms with E-state index in [0.717, 1.165) is 88.2 Å². The second-order valence-corrected chi connectivity index (χ2v) is 15.1. The van der Waals surface area contributed by atoms with E-state index in [2.05, 4.69) is 113 Å². The lowest BCUT2D eigenvalue weighted by atomic mass is 10.1. The van der Waals surface area contributed by atoms with Gasteiger partial charge in [-0.15, -0.1) is 10.2 Å². The molecule has 13 rings (SSSR count). The van der Waals surface area contributed by atoms with Crippen LogP contribution in [0.25, 0.3) is 87.6 Å². The number of benzene rings is 8. The molecule has 0 saturated carbocycles. The van der Waals surface area contributed by atoms with E-state index in [-0.39, 0.29) is 0 Å². The Morgan fingerprint density at radius 1 is 0.377 bits per heavy atom. The molecule has 0 unspecified atom stereocenters. The lowest BCUT2D eigenvalue weighted by Crippen LogP contribution is -2.13. The molecule has 0 aliphatic rings. The van der Waals surface area contributed by atoms with E-state index < -0.39 is 0 Å². The summed E-state index contributed by atoms with van der Waals surface area (Å²) in [7, 11) is 0. The molecule has 0 amide bonds. The molecule has 0 bridgehead atoms. The van der Waals surface area contributed by atoms with Crippen molar-refractivity contribution in [3.05, 3.63) is 182 Å². The van der Waals surface area contributed by atoms with Gasteiger partial charge in [-0.2, -0.15) is 4.98 Å². The van der Waals surface area contributed by atoms with Crippen LogP contribution in [-0.4, -0.2) is 20.2 Å². The van der Waals surface area contributed by atoms with Crippen LogP contribution in [0.4, 0.5) is 34.5 Å². The van der Waals surface area contributed by atoms with E-state index in [0.29, 0.717) is 34.0 Å². The minimum atomic E-state index is 0.391. The van der Waals surface area contributed by atoms with Gasteiger partial charge in [0.15, 0.2) is 11.4 Å². The van der Waals surface area contributed by atoms with Crippen LogP contribution in [0.3, 0.4) is 0 Å². The zero-order valence-electron chi connectivity index (χ0n) is 32.2. The fourth-order valence-corrected chi connectivity index (χ4v) is 8.82. The van der Waals surface area contributed by atoms with Gasteiger partial charge >= 0.3 is 0 Å². The second-order valence-electron chi connectivity index (χ2n) is 15.1. The summed E-state index contributed by atoms with van der Waals surface area (Å²) in [6.45, 7) is 0. The monoisotopic (exact) mass is 786 g/mol. The Morgan fingerprint density at radius 3 is 1.54 bits per heavy atom. The highest BCUT2D eigenvalue weighted by Gasteiger charge is 2.24. The van der Waals surface area contributed by atoms with Gasteiger partial charge in [0, 0.05) is 56.7 Å². The Kier molecular flexibility index (Phi) is 7.11. The normalized spacial score (nSPS) is 11.9. The van der Waals surface area contributed by atoms with Gasteiger partial charge in [-0.05, 0) is 59.3 Å². The van der Waals surface area contributed by atoms with E-state index in [1.54, 1.807) is 6.20 Å². The molecule has 0 radical (unpaired) electrons. The van der Waals surface area contributed by atoms with Crippen molar-refractivity contribution in [2.24, 2.45) is 0 Å². The van der Waals surface area contributed by atoms with Gasteiger partial charge in [0.25, 0.3) is 0 Å². The first-order chi connectivity index (χ1) is 30.2. The van der Waals surface area contributed by atoms with Crippen molar-refractivity contribution in [1.82, 2.24) is 20.2 Å². The van der Waals surface area contributed by atoms with Gasteiger partial charge < -0.3 is 13.3 Å².